The topological polar surface area (TPSA) is 29.5 Å². The van der Waals surface area contributed by atoms with Crippen molar-refractivity contribution >= 4 is 23.2 Å². The molecule has 0 aliphatic carbocycles. The zero-order valence-corrected chi connectivity index (χ0v) is 11.7. The first kappa shape index (κ1) is 13.0. The number of rotatable bonds is 3. The molecule has 2 aromatic carbocycles. The number of amides is 1. The van der Waals surface area contributed by atoms with E-state index in [4.69, 9.17) is 16.3 Å². The number of carbonyl (C=O) groups is 1. The van der Waals surface area contributed by atoms with Crippen molar-refractivity contribution in [1.82, 2.24) is 0 Å². The maximum atomic E-state index is 12.0. The zero-order chi connectivity index (χ0) is 14.1. The van der Waals surface area contributed by atoms with Crippen molar-refractivity contribution in [3.8, 4) is 5.75 Å². The minimum Gasteiger partial charge on any atom is -0.497 e. The van der Waals surface area contributed by atoms with E-state index in [2.05, 4.69) is 0 Å². The van der Waals surface area contributed by atoms with Crippen LogP contribution in [0.3, 0.4) is 0 Å². The van der Waals surface area contributed by atoms with Crippen molar-refractivity contribution in [3.63, 3.8) is 0 Å². The molecule has 3 nitrogen and oxygen atoms in total. The van der Waals surface area contributed by atoms with Crippen LogP contribution in [-0.2, 0) is 4.79 Å². The molecule has 0 saturated carbocycles. The molecule has 0 spiro atoms. The third-order valence-corrected chi connectivity index (χ3v) is 3.95. The summed E-state index contributed by atoms with van der Waals surface area (Å²) in [7, 11) is 1.63. The summed E-state index contributed by atoms with van der Waals surface area (Å²) in [5, 5.41) is -0.511. The number of anilines is 1. The second-order valence-corrected chi connectivity index (χ2v) is 5.13. The lowest BCUT2D eigenvalue weighted by molar-refractivity contribution is -0.123. The van der Waals surface area contributed by atoms with Gasteiger partial charge in [0.15, 0.2) is 0 Å². The van der Waals surface area contributed by atoms with Crippen LogP contribution < -0.4 is 9.64 Å². The maximum Gasteiger partial charge on any atom is 0.248 e. The average molecular weight is 288 g/mol. The van der Waals surface area contributed by atoms with Crippen molar-refractivity contribution in [3.05, 3.63) is 60.2 Å². The molecule has 2 atom stereocenters. The number of hydrogen-bond donors (Lipinski definition) is 0. The molecule has 20 heavy (non-hydrogen) atoms. The second kappa shape index (κ2) is 5.17. The number of ether oxygens (including phenoxy) is 1. The van der Waals surface area contributed by atoms with Gasteiger partial charge in [0.05, 0.1) is 13.2 Å². The highest BCUT2D eigenvalue weighted by Crippen LogP contribution is 2.42. The van der Waals surface area contributed by atoms with Crippen molar-refractivity contribution in [2.24, 2.45) is 0 Å². The molecule has 0 N–H and O–H groups in total. The summed E-state index contributed by atoms with van der Waals surface area (Å²) < 4.78 is 5.15. The molecule has 1 amide bonds. The Morgan fingerprint density at radius 1 is 1.05 bits per heavy atom. The van der Waals surface area contributed by atoms with Crippen LogP contribution in [0.1, 0.15) is 11.6 Å². The first-order chi connectivity index (χ1) is 9.72. The lowest BCUT2D eigenvalue weighted by Gasteiger charge is -2.44. The lowest BCUT2D eigenvalue weighted by atomic mass is 9.92. The summed E-state index contributed by atoms with van der Waals surface area (Å²) in [5.41, 5.74) is 1.88. The van der Waals surface area contributed by atoms with Gasteiger partial charge in [0.1, 0.15) is 11.1 Å². The van der Waals surface area contributed by atoms with E-state index in [0.29, 0.717) is 0 Å². The van der Waals surface area contributed by atoms with E-state index in [1.54, 1.807) is 12.0 Å². The van der Waals surface area contributed by atoms with Crippen LogP contribution in [0.25, 0.3) is 0 Å². The van der Waals surface area contributed by atoms with Gasteiger partial charge in [0.2, 0.25) is 5.91 Å². The molecule has 3 rings (SSSR count). The summed E-state index contributed by atoms with van der Waals surface area (Å²) in [4.78, 5) is 13.8. The molecule has 102 valence electrons. The average Bonchev–Trinajstić information content (AvgIpc) is 2.52. The normalized spacial score (nSPS) is 21.5. The number of halogens is 1. The molecule has 2 aromatic rings. The van der Waals surface area contributed by atoms with Gasteiger partial charge in [-0.2, -0.15) is 0 Å². The highest BCUT2D eigenvalue weighted by atomic mass is 35.5. The van der Waals surface area contributed by atoms with E-state index in [1.165, 1.54) is 0 Å². The third-order valence-electron chi connectivity index (χ3n) is 3.52. The number of hydrogen-bond acceptors (Lipinski definition) is 2. The van der Waals surface area contributed by atoms with E-state index in [9.17, 15) is 4.79 Å². The van der Waals surface area contributed by atoms with Crippen LogP contribution in [0.4, 0.5) is 5.69 Å². The van der Waals surface area contributed by atoms with Gasteiger partial charge < -0.3 is 9.64 Å². The number of carbonyl (C=O) groups excluding carboxylic acids is 1. The maximum absolute atomic E-state index is 12.0. The predicted molar refractivity (Wildman–Crippen MR) is 79.3 cm³/mol. The van der Waals surface area contributed by atoms with Crippen molar-refractivity contribution < 1.29 is 9.53 Å². The van der Waals surface area contributed by atoms with E-state index >= 15 is 0 Å². The summed E-state index contributed by atoms with van der Waals surface area (Å²) >= 11 is 6.20. The van der Waals surface area contributed by atoms with E-state index in [0.717, 1.165) is 17.0 Å². The number of alkyl halides is 1. The standard InChI is InChI=1S/C16H14ClNO2/c1-20-13-9-7-11(8-10-13)15-14(17)16(19)18(15)12-5-3-2-4-6-12/h2-10,14-15H,1H3. The minimum atomic E-state index is -0.511. The molecular weight excluding hydrogens is 274 g/mol. The van der Waals surface area contributed by atoms with Gasteiger partial charge in [-0.1, -0.05) is 30.3 Å². The summed E-state index contributed by atoms with van der Waals surface area (Å²) in [6.45, 7) is 0. The number of benzene rings is 2. The molecule has 1 fully saturated rings. The fourth-order valence-electron chi connectivity index (χ4n) is 2.45. The lowest BCUT2D eigenvalue weighted by Crippen LogP contribution is -2.56. The van der Waals surface area contributed by atoms with E-state index in [-0.39, 0.29) is 11.9 Å². The van der Waals surface area contributed by atoms with E-state index < -0.39 is 5.38 Å². The van der Waals surface area contributed by atoms with Crippen LogP contribution in [-0.4, -0.2) is 18.4 Å². The molecular formula is C16H14ClNO2. The van der Waals surface area contributed by atoms with Crippen LogP contribution in [0.5, 0.6) is 5.75 Å². The Morgan fingerprint density at radius 3 is 2.30 bits per heavy atom. The van der Waals surface area contributed by atoms with Gasteiger partial charge in [0, 0.05) is 5.69 Å². The molecule has 4 heteroatoms. The van der Waals surface area contributed by atoms with Crippen LogP contribution in [0, 0.1) is 0 Å². The summed E-state index contributed by atoms with van der Waals surface area (Å²) in [6.07, 6.45) is 0. The predicted octanol–water partition coefficient (Wildman–Crippen LogP) is 3.39. The monoisotopic (exact) mass is 287 g/mol. The van der Waals surface area contributed by atoms with Gasteiger partial charge >= 0.3 is 0 Å². The first-order valence-corrected chi connectivity index (χ1v) is 6.82. The second-order valence-electron chi connectivity index (χ2n) is 4.66. The van der Waals surface area contributed by atoms with Gasteiger partial charge in [0.25, 0.3) is 0 Å². The van der Waals surface area contributed by atoms with Gasteiger partial charge in [-0.15, -0.1) is 11.6 Å². The third kappa shape index (κ3) is 2.04. The van der Waals surface area contributed by atoms with Crippen molar-refractivity contribution in [2.45, 2.75) is 11.4 Å². The molecule has 1 heterocycles. The number of β-lactam (4-membered cyclic amide) rings is 1. The Kier molecular flexibility index (Phi) is 3.36. The number of para-hydroxylation sites is 1. The fourth-order valence-corrected chi connectivity index (χ4v) is 2.81. The molecule has 0 radical (unpaired) electrons. The van der Waals surface area contributed by atoms with Gasteiger partial charge in [-0.3, -0.25) is 4.79 Å². The Balaban J connectivity index is 1.92. The smallest absolute Gasteiger partial charge is 0.248 e. The molecule has 1 aliphatic heterocycles. The molecule has 2 unspecified atom stereocenters. The Bertz CT molecular complexity index is 612. The van der Waals surface area contributed by atoms with E-state index in [1.807, 2.05) is 54.6 Å². The highest BCUT2D eigenvalue weighted by molar-refractivity contribution is 6.37. The van der Waals surface area contributed by atoms with Crippen molar-refractivity contribution in [2.75, 3.05) is 12.0 Å². The summed E-state index contributed by atoms with van der Waals surface area (Å²) in [5.74, 6) is 0.732. The molecule has 1 saturated heterocycles. The first-order valence-electron chi connectivity index (χ1n) is 6.38. The Hall–Kier alpha value is -2.00. The SMILES string of the molecule is COc1ccc(C2C(Cl)C(=O)N2c2ccccc2)cc1. The van der Waals surface area contributed by atoms with Crippen LogP contribution in [0.15, 0.2) is 54.6 Å². The van der Waals surface area contributed by atoms with Crippen molar-refractivity contribution in [1.29, 1.82) is 0 Å². The zero-order valence-electron chi connectivity index (χ0n) is 11.0. The number of methoxy groups -OCH3 is 1. The largest absolute Gasteiger partial charge is 0.497 e. The van der Waals surface area contributed by atoms with Gasteiger partial charge in [-0.05, 0) is 29.8 Å². The summed E-state index contributed by atoms with van der Waals surface area (Å²) in [6, 6.07) is 17.1. The van der Waals surface area contributed by atoms with Crippen LogP contribution in [0.2, 0.25) is 0 Å². The highest BCUT2D eigenvalue weighted by Gasteiger charge is 2.47. The van der Waals surface area contributed by atoms with Gasteiger partial charge in [-0.25, -0.2) is 0 Å². The number of nitrogens with zero attached hydrogens (tertiary/aromatic N) is 1. The van der Waals surface area contributed by atoms with Crippen LogP contribution >= 0.6 is 11.6 Å². The fraction of sp³-hybridized carbons (Fsp3) is 0.188. The molecule has 0 aromatic heterocycles. The quantitative estimate of drug-likeness (QED) is 0.640. The molecule has 1 aliphatic rings. The Morgan fingerprint density at radius 2 is 1.70 bits per heavy atom. The molecule has 0 bridgehead atoms. The Labute approximate surface area is 122 Å². The minimum absolute atomic E-state index is 0.0568.